The van der Waals surface area contributed by atoms with Crippen molar-refractivity contribution in [2.75, 3.05) is 7.11 Å². The van der Waals surface area contributed by atoms with Gasteiger partial charge in [-0.2, -0.15) is 0 Å². The summed E-state index contributed by atoms with van der Waals surface area (Å²) in [6, 6.07) is 8.72. The number of ether oxygens (including phenoxy) is 1. The SMILES string of the molecule is COC([n+]1cccc(C(N)=O)c1)[n+]1ccccc1/C=N\O. The number of aromatic nitrogens is 2. The Morgan fingerprint density at radius 1 is 1.38 bits per heavy atom. The van der Waals surface area contributed by atoms with Crippen LogP contribution in [0.25, 0.3) is 0 Å². The molecule has 0 spiro atoms. The minimum Gasteiger partial charge on any atom is -0.411 e. The molecule has 2 heterocycles. The van der Waals surface area contributed by atoms with Gasteiger partial charge in [0.05, 0.1) is 0 Å². The van der Waals surface area contributed by atoms with E-state index in [-0.39, 0.29) is 0 Å². The lowest BCUT2D eigenvalue weighted by atomic mass is 10.3. The Morgan fingerprint density at radius 2 is 2.19 bits per heavy atom. The minimum atomic E-state index is -0.557. The van der Waals surface area contributed by atoms with Gasteiger partial charge < -0.3 is 10.9 Å². The zero-order valence-corrected chi connectivity index (χ0v) is 11.5. The Morgan fingerprint density at radius 3 is 2.86 bits per heavy atom. The summed E-state index contributed by atoms with van der Waals surface area (Å²) in [6.45, 7) is 0. The number of carbonyl (C=O) groups excluding carboxylic acids is 1. The first-order valence-electron chi connectivity index (χ1n) is 6.18. The molecule has 108 valence electrons. The lowest BCUT2D eigenvalue weighted by Gasteiger charge is -2.07. The van der Waals surface area contributed by atoms with Crippen LogP contribution >= 0.6 is 0 Å². The number of primary amides is 1. The number of methoxy groups -OCH3 is 1. The number of carbonyl (C=O) groups is 1. The van der Waals surface area contributed by atoms with E-state index in [1.807, 2.05) is 12.1 Å². The van der Waals surface area contributed by atoms with Crippen LogP contribution in [0.2, 0.25) is 0 Å². The first kappa shape index (κ1) is 14.6. The van der Waals surface area contributed by atoms with Gasteiger partial charge in [0.15, 0.2) is 18.6 Å². The normalized spacial score (nSPS) is 12.4. The van der Waals surface area contributed by atoms with E-state index < -0.39 is 12.3 Å². The van der Waals surface area contributed by atoms with Crippen LogP contribution in [0.3, 0.4) is 0 Å². The summed E-state index contributed by atoms with van der Waals surface area (Å²) in [7, 11) is 1.54. The molecule has 1 unspecified atom stereocenters. The van der Waals surface area contributed by atoms with Crippen LogP contribution in [0.15, 0.2) is 54.1 Å². The molecule has 0 bridgehead atoms. The Kier molecular flexibility index (Phi) is 4.57. The second kappa shape index (κ2) is 6.58. The molecule has 0 fully saturated rings. The Labute approximate surface area is 121 Å². The van der Waals surface area contributed by atoms with E-state index >= 15 is 0 Å². The highest BCUT2D eigenvalue weighted by Gasteiger charge is 2.30. The average molecular weight is 288 g/mol. The second-order valence-corrected chi connectivity index (χ2v) is 4.24. The van der Waals surface area contributed by atoms with Crippen molar-refractivity contribution in [3.63, 3.8) is 0 Å². The van der Waals surface area contributed by atoms with Crippen molar-refractivity contribution < 1.29 is 23.9 Å². The molecule has 21 heavy (non-hydrogen) atoms. The van der Waals surface area contributed by atoms with Gasteiger partial charge in [0.25, 0.3) is 5.91 Å². The first-order chi connectivity index (χ1) is 10.2. The highest BCUT2D eigenvalue weighted by molar-refractivity contribution is 5.92. The molecule has 0 aliphatic heterocycles. The monoisotopic (exact) mass is 288 g/mol. The van der Waals surface area contributed by atoms with Crippen LogP contribution in [-0.4, -0.2) is 24.4 Å². The van der Waals surface area contributed by atoms with E-state index in [2.05, 4.69) is 5.16 Å². The Bertz CT molecular complexity index is 673. The van der Waals surface area contributed by atoms with E-state index in [1.165, 1.54) is 13.3 Å². The quantitative estimate of drug-likeness (QED) is 0.346. The predicted octanol–water partition coefficient (Wildman–Crippen LogP) is -0.181. The van der Waals surface area contributed by atoms with Gasteiger partial charge in [0, 0.05) is 25.3 Å². The molecule has 0 saturated heterocycles. The largest absolute Gasteiger partial charge is 0.474 e. The molecule has 1 atom stereocenters. The lowest BCUT2D eigenvalue weighted by molar-refractivity contribution is -0.983. The maximum Gasteiger partial charge on any atom is 0.474 e. The summed E-state index contributed by atoms with van der Waals surface area (Å²) in [4.78, 5) is 11.3. The number of nitrogens with two attached hydrogens (primary N) is 1. The predicted molar refractivity (Wildman–Crippen MR) is 72.6 cm³/mol. The number of oxime groups is 1. The van der Waals surface area contributed by atoms with Crippen molar-refractivity contribution in [2.45, 2.75) is 6.35 Å². The molecule has 7 heteroatoms. The summed E-state index contributed by atoms with van der Waals surface area (Å²) in [6.07, 6.45) is 5.86. The van der Waals surface area contributed by atoms with Gasteiger partial charge >= 0.3 is 6.35 Å². The van der Waals surface area contributed by atoms with Crippen LogP contribution in [0.4, 0.5) is 0 Å². The van der Waals surface area contributed by atoms with E-state index in [4.69, 9.17) is 15.7 Å². The summed E-state index contributed by atoms with van der Waals surface area (Å²) in [5.74, 6) is -0.519. The Hall–Kier alpha value is -2.80. The fourth-order valence-electron chi connectivity index (χ4n) is 1.99. The highest BCUT2D eigenvalue weighted by Crippen LogP contribution is 1.99. The highest BCUT2D eigenvalue weighted by atomic mass is 16.5. The molecule has 2 aromatic rings. The molecule has 7 nitrogen and oxygen atoms in total. The van der Waals surface area contributed by atoms with E-state index in [9.17, 15) is 4.79 Å². The van der Waals surface area contributed by atoms with Crippen LogP contribution in [0, 0.1) is 0 Å². The number of hydrogen-bond acceptors (Lipinski definition) is 4. The molecule has 3 N–H and O–H groups in total. The molecule has 2 aromatic heterocycles. The second-order valence-electron chi connectivity index (χ2n) is 4.24. The summed E-state index contributed by atoms with van der Waals surface area (Å²) in [5, 5.41) is 11.8. The average Bonchev–Trinajstić information content (AvgIpc) is 2.50. The molecule has 0 radical (unpaired) electrons. The third-order valence-electron chi connectivity index (χ3n) is 2.92. The van der Waals surface area contributed by atoms with E-state index in [0.29, 0.717) is 11.3 Å². The van der Waals surface area contributed by atoms with Crippen molar-refractivity contribution in [3.05, 3.63) is 60.2 Å². The summed E-state index contributed by atoms with van der Waals surface area (Å²) < 4.78 is 8.90. The van der Waals surface area contributed by atoms with Gasteiger partial charge in [-0.05, 0) is 12.1 Å². The van der Waals surface area contributed by atoms with Gasteiger partial charge in [0.1, 0.15) is 11.8 Å². The summed E-state index contributed by atoms with van der Waals surface area (Å²) >= 11 is 0. The van der Waals surface area contributed by atoms with Crippen molar-refractivity contribution in [1.29, 1.82) is 0 Å². The smallest absolute Gasteiger partial charge is 0.411 e. The van der Waals surface area contributed by atoms with Gasteiger partial charge in [-0.1, -0.05) is 5.16 Å². The maximum atomic E-state index is 11.3. The van der Waals surface area contributed by atoms with Crippen molar-refractivity contribution in [3.8, 4) is 0 Å². The molecule has 0 aliphatic carbocycles. The van der Waals surface area contributed by atoms with E-state index in [1.54, 1.807) is 45.9 Å². The number of hydrogen-bond donors (Lipinski definition) is 2. The third-order valence-corrected chi connectivity index (χ3v) is 2.92. The molecule has 0 saturated carbocycles. The molecular weight excluding hydrogens is 272 g/mol. The number of nitrogens with zero attached hydrogens (tertiary/aromatic N) is 3. The third kappa shape index (κ3) is 3.21. The number of amides is 1. The zero-order valence-electron chi connectivity index (χ0n) is 11.5. The fraction of sp³-hybridized carbons (Fsp3) is 0.143. The van der Waals surface area contributed by atoms with Crippen LogP contribution in [0.1, 0.15) is 22.4 Å². The molecule has 2 rings (SSSR count). The van der Waals surface area contributed by atoms with Crippen molar-refractivity contribution >= 4 is 12.1 Å². The molecule has 0 aliphatic rings. The maximum absolute atomic E-state index is 11.3. The lowest BCUT2D eigenvalue weighted by Crippen LogP contribution is -2.59. The minimum absolute atomic E-state index is 0.369. The molecule has 1 amide bonds. The zero-order chi connectivity index (χ0) is 15.2. The molecular formula is C14H16N4O3+2. The van der Waals surface area contributed by atoms with Crippen LogP contribution in [0.5, 0.6) is 0 Å². The first-order valence-corrected chi connectivity index (χ1v) is 6.18. The van der Waals surface area contributed by atoms with Crippen molar-refractivity contribution in [1.82, 2.24) is 0 Å². The standard InChI is InChI=1S/C14H14N4O3/c1-21-14(17-7-4-5-11(10-17)13(15)19)18-8-3-2-6-12(18)9-16-20/h2-10,14H,1H3,(H-,15,19)/p+2. The number of rotatable bonds is 5. The fourth-order valence-corrected chi connectivity index (χ4v) is 1.99. The molecule has 0 aromatic carbocycles. The number of pyridine rings is 2. The van der Waals surface area contributed by atoms with Crippen molar-refractivity contribution in [2.24, 2.45) is 10.9 Å². The van der Waals surface area contributed by atoms with E-state index in [0.717, 1.165) is 0 Å². The van der Waals surface area contributed by atoms with Crippen LogP contribution in [-0.2, 0) is 4.74 Å². The topological polar surface area (TPSA) is 92.7 Å². The van der Waals surface area contributed by atoms with Gasteiger partial charge in [-0.15, -0.1) is 9.13 Å². The van der Waals surface area contributed by atoms with Gasteiger partial charge in [-0.25, -0.2) is 0 Å². The summed E-state index contributed by atoms with van der Waals surface area (Å²) in [5.41, 5.74) is 6.28. The van der Waals surface area contributed by atoms with Gasteiger partial charge in [0.2, 0.25) is 5.69 Å². The van der Waals surface area contributed by atoms with Crippen LogP contribution < -0.4 is 14.9 Å². The Balaban J connectivity index is 2.49. The van der Waals surface area contributed by atoms with Gasteiger partial charge in [-0.3, -0.25) is 9.53 Å².